The highest BCUT2D eigenvalue weighted by atomic mass is 16.1. The van der Waals surface area contributed by atoms with Crippen molar-refractivity contribution in [2.45, 2.75) is 59.9 Å². The Kier molecular flexibility index (Phi) is 3.98. The van der Waals surface area contributed by atoms with E-state index < -0.39 is 0 Å². The number of hydrogen-bond acceptors (Lipinski definition) is 3. The van der Waals surface area contributed by atoms with Gasteiger partial charge < -0.3 is 4.98 Å². The molecule has 4 heteroatoms. The first-order chi connectivity index (χ1) is 10.4. The van der Waals surface area contributed by atoms with Crippen LogP contribution in [-0.2, 0) is 13.0 Å². The van der Waals surface area contributed by atoms with Crippen molar-refractivity contribution >= 4 is 0 Å². The van der Waals surface area contributed by atoms with Gasteiger partial charge in [0.25, 0.3) is 5.56 Å². The molecule has 0 atom stereocenters. The Bertz CT molecular complexity index is 669. The molecule has 1 aromatic rings. The first-order valence-corrected chi connectivity index (χ1v) is 8.37. The zero-order valence-corrected chi connectivity index (χ0v) is 14.3. The van der Waals surface area contributed by atoms with Gasteiger partial charge in [-0.3, -0.25) is 9.69 Å². The smallest absolute Gasteiger partial charge is 0.255 e. The molecule has 2 heterocycles. The standard InChI is InChI=1S/C18H27N3O/c1-12-6-5-8-18(3,4)15(12)11-21-9-7-16-14(10-21)17(22)20-13(2)19-16/h5-11H2,1-4H3,(H,19,20,22). The van der Waals surface area contributed by atoms with E-state index in [0.717, 1.165) is 43.1 Å². The van der Waals surface area contributed by atoms with E-state index in [1.807, 2.05) is 6.92 Å². The summed E-state index contributed by atoms with van der Waals surface area (Å²) < 4.78 is 0. The molecule has 1 aliphatic carbocycles. The molecule has 4 nitrogen and oxygen atoms in total. The molecule has 120 valence electrons. The lowest BCUT2D eigenvalue weighted by molar-refractivity contribution is 0.238. The van der Waals surface area contributed by atoms with Crippen LogP contribution in [0.3, 0.4) is 0 Å². The number of fused-ring (bicyclic) bond motifs is 1. The SMILES string of the molecule is CC1=C(CN2CCc3nc(C)[nH]c(=O)c3C2)C(C)(C)CCC1. The minimum Gasteiger partial charge on any atom is -0.310 e. The molecule has 0 saturated carbocycles. The fraction of sp³-hybridized carbons (Fsp3) is 0.667. The van der Waals surface area contributed by atoms with Crippen LogP contribution in [0.1, 0.15) is 57.1 Å². The van der Waals surface area contributed by atoms with Crippen LogP contribution >= 0.6 is 0 Å². The second-order valence-electron chi connectivity index (χ2n) is 7.53. The van der Waals surface area contributed by atoms with Crippen LogP contribution in [0.15, 0.2) is 15.9 Å². The predicted molar refractivity (Wildman–Crippen MR) is 88.9 cm³/mol. The number of rotatable bonds is 2. The summed E-state index contributed by atoms with van der Waals surface area (Å²) >= 11 is 0. The predicted octanol–water partition coefficient (Wildman–Crippen LogP) is 2.96. The van der Waals surface area contributed by atoms with Crippen LogP contribution in [0.2, 0.25) is 0 Å². The normalized spacial score (nSPS) is 21.8. The van der Waals surface area contributed by atoms with Gasteiger partial charge in [-0.1, -0.05) is 25.0 Å². The van der Waals surface area contributed by atoms with Crippen molar-refractivity contribution in [1.82, 2.24) is 14.9 Å². The van der Waals surface area contributed by atoms with Gasteiger partial charge in [0.2, 0.25) is 0 Å². The monoisotopic (exact) mass is 301 g/mol. The first-order valence-electron chi connectivity index (χ1n) is 8.37. The minimum absolute atomic E-state index is 0.0424. The highest BCUT2D eigenvalue weighted by molar-refractivity contribution is 5.26. The highest BCUT2D eigenvalue weighted by Crippen LogP contribution is 2.40. The molecule has 22 heavy (non-hydrogen) atoms. The fourth-order valence-electron chi connectivity index (χ4n) is 3.99. The average molecular weight is 301 g/mol. The van der Waals surface area contributed by atoms with Crippen molar-refractivity contribution in [1.29, 1.82) is 0 Å². The molecule has 1 N–H and O–H groups in total. The van der Waals surface area contributed by atoms with Crippen LogP contribution in [0.4, 0.5) is 0 Å². The zero-order valence-electron chi connectivity index (χ0n) is 14.3. The van der Waals surface area contributed by atoms with Gasteiger partial charge in [0.15, 0.2) is 0 Å². The first kappa shape index (κ1) is 15.5. The van der Waals surface area contributed by atoms with Crippen LogP contribution < -0.4 is 5.56 Å². The third-order valence-electron chi connectivity index (χ3n) is 5.33. The largest absolute Gasteiger partial charge is 0.310 e. The Labute approximate surface area is 132 Å². The van der Waals surface area contributed by atoms with E-state index in [4.69, 9.17) is 0 Å². The number of aromatic amines is 1. The maximum absolute atomic E-state index is 12.2. The number of aryl methyl sites for hydroxylation is 1. The summed E-state index contributed by atoms with van der Waals surface area (Å²) in [6.45, 7) is 11.6. The third-order valence-corrected chi connectivity index (χ3v) is 5.33. The van der Waals surface area contributed by atoms with Crippen molar-refractivity contribution in [3.63, 3.8) is 0 Å². The van der Waals surface area contributed by atoms with Crippen molar-refractivity contribution in [2.75, 3.05) is 13.1 Å². The molecule has 0 fully saturated rings. The number of nitrogens with one attached hydrogen (secondary N) is 1. The molecule has 3 rings (SSSR count). The minimum atomic E-state index is 0.0424. The molecule has 0 saturated heterocycles. The van der Waals surface area contributed by atoms with Gasteiger partial charge in [0, 0.05) is 26.1 Å². The molecule has 1 aromatic heterocycles. The molecule has 0 radical (unpaired) electrons. The molecule has 0 aromatic carbocycles. The Morgan fingerprint density at radius 2 is 2.05 bits per heavy atom. The van der Waals surface area contributed by atoms with E-state index in [0.29, 0.717) is 5.41 Å². The molecule has 0 unspecified atom stereocenters. The van der Waals surface area contributed by atoms with Crippen LogP contribution in [0.5, 0.6) is 0 Å². The maximum Gasteiger partial charge on any atom is 0.255 e. The van der Waals surface area contributed by atoms with E-state index in [1.54, 1.807) is 11.1 Å². The van der Waals surface area contributed by atoms with Crippen LogP contribution in [-0.4, -0.2) is 28.0 Å². The lowest BCUT2D eigenvalue weighted by atomic mass is 9.72. The topological polar surface area (TPSA) is 49.0 Å². The second-order valence-corrected chi connectivity index (χ2v) is 7.53. The Hall–Kier alpha value is -1.42. The summed E-state index contributed by atoms with van der Waals surface area (Å²) in [6.07, 6.45) is 4.68. The number of hydrogen-bond donors (Lipinski definition) is 1. The quantitative estimate of drug-likeness (QED) is 0.854. The highest BCUT2D eigenvalue weighted by Gasteiger charge is 2.30. The summed E-state index contributed by atoms with van der Waals surface area (Å²) in [7, 11) is 0. The van der Waals surface area contributed by atoms with E-state index in [9.17, 15) is 4.79 Å². The molecular formula is C18H27N3O. The number of H-pyrrole nitrogens is 1. The van der Waals surface area contributed by atoms with Crippen molar-refractivity contribution in [3.05, 3.63) is 38.6 Å². The molecular weight excluding hydrogens is 274 g/mol. The summed E-state index contributed by atoms with van der Waals surface area (Å²) in [4.78, 5) is 21.9. The fourth-order valence-corrected chi connectivity index (χ4v) is 3.99. The summed E-state index contributed by atoms with van der Waals surface area (Å²) in [6, 6.07) is 0. The summed E-state index contributed by atoms with van der Waals surface area (Å²) in [5.74, 6) is 0.726. The molecule has 1 aliphatic heterocycles. The van der Waals surface area contributed by atoms with E-state index in [2.05, 4.69) is 35.6 Å². The molecule has 0 amide bonds. The Morgan fingerprint density at radius 3 is 2.77 bits per heavy atom. The number of allylic oxidation sites excluding steroid dienone is 1. The van der Waals surface area contributed by atoms with E-state index in [1.165, 1.54) is 19.3 Å². The summed E-state index contributed by atoms with van der Waals surface area (Å²) in [5, 5.41) is 0. The van der Waals surface area contributed by atoms with Crippen LogP contribution in [0, 0.1) is 12.3 Å². The van der Waals surface area contributed by atoms with Crippen molar-refractivity contribution in [3.8, 4) is 0 Å². The van der Waals surface area contributed by atoms with Gasteiger partial charge in [0.05, 0.1) is 11.3 Å². The Balaban J connectivity index is 1.82. The van der Waals surface area contributed by atoms with Crippen molar-refractivity contribution < 1.29 is 0 Å². The van der Waals surface area contributed by atoms with Gasteiger partial charge in [0.1, 0.15) is 5.82 Å². The van der Waals surface area contributed by atoms with Gasteiger partial charge in [-0.2, -0.15) is 0 Å². The number of nitrogens with zero attached hydrogens (tertiary/aromatic N) is 2. The van der Waals surface area contributed by atoms with Gasteiger partial charge >= 0.3 is 0 Å². The summed E-state index contributed by atoms with van der Waals surface area (Å²) in [5.41, 5.74) is 5.33. The third kappa shape index (κ3) is 2.89. The van der Waals surface area contributed by atoms with Crippen molar-refractivity contribution in [2.24, 2.45) is 5.41 Å². The molecule has 2 aliphatic rings. The van der Waals surface area contributed by atoms with Gasteiger partial charge in [-0.25, -0.2) is 4.98 Å². The lowest BCUT2D eigenvalue weighted by Crippen LogP contribution is -2.39. The maximum atomic E-state index is 12.2. The Morgan fingerprint density at radius 1 is 1.27 bits per heavy atom. The number of aromatic nitrogens is 2. The van der Waals surface area contributed by atoms with Gasteiger partial charge in [-0.05, 0) is 38.5 Å². The second kappa shape index (κ2) is 5.65. The zero-order chi connectivity index (χ0) is 15.9. The molecule has 0 spiro atoms. The lowest BCUT2D eigenvalue weighted by Gasteiger charge is -2.38. The van der Waals surface area contributed by atoms with Gasteiger partial charge in [-0.15, -0.1) is 0 Å². The average Bonchev–Trinajstić information content (AvgIpc) is 2.43. The van der Waals surface area contributed by atoms with E-state index in [-0.39, 0.29) is 5.56 Å². The molecule has 0 bridgehead atoms. The van der Waals surface area contributed by atoms with Crippen LogP contribution in [0.25, 0.3) is 0 Å². The van der Waals surface area contributed by atoms with E-state index >= 15 is 0 Å².